The summed E-state index contributed by atoms with van der Waals surface area (Å²) in [6.45, 7) is 1.94. The van der Waals surface area contributed by atoms with E-state index in [0.29, 0.717) is 15.8 Å². The second kappa shape index (κ2) is 7.61. The first kappa shape index (κ1) is 18.6. The van der Waals surface area contributed by atoms with E-state index in [1.807, 2.05) is 31.2 Å². The van der Waals surface area contributed by atoms with Gasteiger partial charge in [0.1, 0.15) is 22.9 Å². The van der Waals surface area contributed by atoms with Gasteiger partial charge in [-0.05, 0) is 30.7 Å². The topological polar surface area (TPSA) is 67.8 Å². The summed E-state index contributed by atoms with van der Waals surface area (Å²) < 4.78 is 11.8. The molecule has 2 N–H and O–H groups in total. The fourth-order valence-corrected chi connectivity index (χ4v) is 3.51. The van der Waals surface area contributed by atoms with Crippen molar-refractivity contribution in [1.82, 2.24) is 0 Å². The number of hydrogen-bond acceptors (Lipinski definition) is 4. The average molecular weight is 392 g/mol. The Hall–Kier alpha value is -2.15. The maximum Gasteiger partial charge on any atom is 0.306 e. The summed E-state index contributed by atoms with van der Waals surface area (Å²) >= 11 is 11.6. The zero-order chi connectivity index (χ0) is 18.8. The molecule has 1 heterocycles. The van der Waals surface area contributed by atoms with E-state index in [4.69, 9.17) is 33.3 Å². The molecular formula is C19H18ClNO4S. The van der Waals surface area contributed by atoms with Crippen molar-refractivity contribution in [2.45, 2.75) is 25.6 Å². The predicted octanol–water partition coefficient (Wildman–Crippen LogP) is 4.36. The van der Waals surface area contributed by atoms with Gasteiger partial charge in [0.2, 0.25) is 0 Å². The normalized spacial score (nSPS) is 19.3. The maximum atomic E-state index is 11.3. The smallest absolute Gasteiger partial charge is 0.306 e. The number of nitrogens with one attached hydrogen (secondary N) is 1. The van der Waals surface area contributed by atoms with Crippen LogP contribution in [0.25, 0.3) is 0 Å². The predicted molar refractivity (Wildman–Crippen MR) is 104 cm³/mol. The van der Waals surface area contributed by atoms with Crippen LogP contribution in [0.4, 0.5) is 5.69 Å². The number of methoxy groups -OCH3 is 1. The largest absolute Gasteiger partial charge is 0.496 e. The van der Waals surface area contributed by atoms with Gasteiger partial charge < -0.3 is 19.9 Å². The van der Waals surface area contributed by atoms with Crippen molar-refractivity contribution < 1.29 is 19.4 Å². The number of ether oxygens (including phenoxy) is 2. The van der Waals surface area contributed by atoms with Gasteiger partial charge in [-0.15, -0.1) is 0 Å². The van der Waals surface area contributed by atoms with Crippen LogP contribution in [0.3, 0.4) is 0 Å². The third-order valence-electron chi connectivity index (χ3n) is 4.24. The van der Waals surface area contributed by atoms with Crippen LogP contribution < -0.4 is 10.1 Å². The van der Waals surface area contributed by atoms with Crippen LogP contribution in [0.1, 0.15) is 29.2 Å². The maximum absolute atomic E-state index is 11.3. The molecule has 3 rings (SSSR count). The number of halogens is 1. The lowest BCUT2D eigenvalue weighted by Crippen LogP contribution is -2.30. The lowest BCUT2D eigenvalue weighted by atomic mass is 9.97. The van der Waals surface area contributed by atoms with Crippen LogP contribution in [0.5, 0.6) is 5.75 Å². The number of carboxylic acids is 1. The minimum absolute atomic E-state index is 0.238. The zero-order valence-electron chi connectivity index (χ0n) is 14.3. The summed E-state index contributed by atoms with van der Waals surface area (Å²) in [7, 11) is 1.60. The van der Waals surface area contributed by atoms with E-state index in [9.17, 15) is 9.90 Å². The molecule has 0 saturated carbocycles. The van der Waals surface area contributed by atoms with E-state index in [1.54, 1.807) is 19.2 Å². The monoisotopic (exact) mass is 391 g/mol. The molecule has 1 aliphatic heterocycles. The Morgan fingerprint density at radius 1 is 1.35 bits per heavy atom. The number of thiocarbonyl (C=S) groups is 1. The molecule has 0 spiro atoms. The molecule has 0 aromatic heterocycles. The van der Waals surface area contributed by atoms with Crippen LogP contribution >= 0.6 is 23.8 Å². The van der Waals surface area contributed by atoms with E-state index in [-0.39, 0.29) is 6.42 Å². The van der Waals surface area contributed by atoms with Gasteiger partial charge in [0.15, 0.2) is 0 Å². The molecule has 0 aliphatic carbocycles. The average Bonchev–Trinajstić information content (AvgIpc) is 2.71. The summed E-state index contributed by atoms with van der Waals surface area (Å²) in [5.74, 6) is -0.302. The third kappa shape index (κ3) is 3.67. The van der Waals surface area contributed by atoms with Gasteiger partial charge in [-0.3, -0.25) is 4.79 Å². The van der Waals surface area contributed by atoms with Crippen LogP contribution in [0.15, 0.2) is 36.4 Å². The second-order valence-corrected chi connectivity index (χ2v) is 6.90. The first-order chi connectivity index (χ1) is 12.4. The Bertz CT molecular complexity index is 871. The molecule has 0 bridgehead atoms. The molecule has 2 atom stereocenters. The number of aryl methyl sites for hydroxylation is 1. The number of para-hydroxylation sites is 1. The molecule has 7 heteroatoms. The summed E-state index contributed by atoms with van der Waals surface area (Å²) in [5.41, 5.74) is 3.25. The standard InChI is InChI=1S/C19H18ClNO4S/c1-10-4-3-5-12(17(10)24-2)18-13-8-11(20)6-7-14(13)21-19(26)15(25-18)9-16(22)23/h3-8,15,18H,9H2,1-2H3,(H,21,26)(H,22,23)/t15-,18-/m0/s1. The van der Waals surface area contributed by atoms with E-state index < -0.39 is 18.2 Å². The number of carbonyl (C=O) groups is 1. The minimum atomic E-state index is -0.988. The van der Waals surface area contributed by atoms with Gasteiger partial charge in [-0.2, -0.15) is 0 Å². The number of hydrogen-bond donors (Lipinski definition) is 2. The van der Waals surface area contributed by atoms with Gasteiger partial charge in [-0.1, -0.05) is 42.0 Å². The molecule has 0 radical (unpaired) electrons. The SMILES string of the molecule is COc1c(C)cccc1[C@@H]1O[C@@H](CC(=O)O)C(=S)Nc2ccc(Cl)cc21. The Morgan fingerprint density at radius 3 is 2.81 bits per heavy atom. The molecule has 1 aliphatic rings. The van der Waals surface area contributed by atoms with E-state index in [0.717, 1.165) is 22.4 Å². The number of aliphatic carboxylic acids is 1. The fourth-order valence-electron chi connectivity index (χ4n) is 3.08. The lowest BCUT2D eigenvalue weighted by Gasteiger charge is -2.24. The summed E-state index contributed by atoms with van der Waals surface area (Å²) in [6.07, 6.45) is -1.59. The first-order valence-corrected chi connectivity index (χ1v) is 8.80. The summed E-state index contributed by atoms with van der Waals surface area (Å²) in [4.78, 5) is 11.6. The zero-order valence-corrected chi connectivity index (χ0v) is 15.9. The van der Waals surface area contributed by atoms with Gasteiger partial charge >= 0.3 is 5.97 Å². The first-order valence-electron chi connectivity index (χ1n) is 8.01. The van der Waals surface area contributed by atoms with Gasteiger partial charge in [0.25, 0.3) is 0 Å². The number of benzene rings is 2. The number of carboxylic acid groups (broad SMARTS) is 1. The van der Waals surface area contributed by atoms with E-state index in [1.165, 1.54) is 0 Å². The Kier molecular flexibility index (Phi) is 5.46. The van der Waals surface area contributed by atoms with Crippen LogP contribution in [-0.4, -0.2) is 29.3 Å². The highest BCUT2D eigenvalue weighted by Gasteiger charge is 2.32. The molecule has 0 saturated heterocycles. The summed E-state index contributed by atoms with van der Waals surface area (Å²) in [6, 6.07) is 11.1. The summed E-state index contributed by atoms with van der Waals surface area (Å²) in [5, 5.41) is 12.9. The van der Waals surface area contributed by atoms with Crippen molar-refractivity contribution >= 4 is 40.5 Å². The molecular weight excluding hydrogens is 374 g/mol. The van der Waals surface area contributed by atoms with Gasteiger partial charge in [0, 0.05) is 21.8 Å². The quantitative estimate of drug-likeness (QED) is 0.755. The van der Waals surface area contributed by atoms with Gasteiger partial charge in [-0.25, -0.2) is 0 Å². The van der Waals surface area contributed by atoms with Crippen LogP contribution in [0, 0.1) is 6.92 Å². The molecule has 0 unspecified atom stereocenters. The third-order valence-corrected chi connectivity index (χ3v) is 4.84. The highest BCUT2D eigenvalue weighted by atomic mass is 35.5. The molecule has 136 valence electrons. The second-order valence-electron chi connectivity index (χ2n) is 6.02. The lowest BCUT2D eigenvalue weighted by molar-refractivity contribution is -0.139. The van der Waals surface area contributed by atoms with Crippen molar-refractivity contribution in [3.05, 3.63) is 58.1 Å². The van der Waals surface area contributed by atoms with Crippen molar-refractivity contribution in [1.29, 1.82) is 0 Å². The van der Waals surface area contributed by atoms with Crippen molar-refractivity contribution in [3.63, 3.8) is 0 Å². The minimum Gasteiger partial charge on any atom is -0.496 e. The Labute approximate surface area is 161 Å². The number of rotatable bonds is 4. The molecule has 5 nitrogen and oxygen atoms in total. The number of anilines is 1. The van der Waals surface area contributed by atoms with E-state index >= 15 is 0 Å². The highest BCUT2D eigenvalue weighted by Crippen LogP contribution is 2.41. The fraction of sp³-hybridized carbons (Fsp3) is 0.263. The van der Waals surface area contributed by atoms with Crippen molar-refractivity contribution in [3.8, 4) is 5.75 Å². The molecule has 0 amide bonds. The van der Waals surface area contributed by atoms with Gasteiger partial charge in [0.05, 0.1) is 13.5 Å². The molecule has 0 fully saturated rings. The van der Waals surface area contributed by atoms with Crippen molar-refractivity contribution in [2.24, 2.45) is 0 Å². The number of fused-ring (bicyclic) bond motifs is 1. The molecule has 2 aromatic rings. The van der Waals surface area contributed by atoms with Crippen LogP contribution in [0.2, 0.25) is 5.02 Å². The van der Waals surface area contributed by atoms with Crippen molar-refractivity contribution in [2.75, 3.05) is 12.4 Å². The Morgan fingerprint density at radius 2 is 2.12 bits per heavy atom. The molecule has 2 aromatic carbocycles. The van der Waals surface area contributed by atoms with Crippen LogP contribution in [-0.2, 0) is 9.53 Å². The van der Waals surface area contributed by atoms with E-state index in [2.05, 4.69) is 5.32 Å². The molecule has 26 heavy (non-hydrogen) atoms. The highest BCUT2D eigenvalue weighted by molar-refractivity contribution is 7.80. The Balaban J connectivity index is 2.17.